The summed E-state index contributed by atoms with van der Waals surface area (Å²) in [7, 11) is -3.03. The Bertz CT molecular complexity index is 2960. The van der Waals surface area contributed by atoms with Gasteiger partial charge in [0, 0.05) is 64.5 Å². The van der Waals surface area contributed by atoms with Gasteiger partial charge in [-0.2, -0.15) is 13.2 Å². The fourth-order valence-electron chi connectivity index (χ4n) is 5.37. The highest BCUT2D eigenvalue weighted by Gasteiger charge is 2.33. The van der Waals surface area contributed by atoms with E-state index in [1.54, 1.807) is 0 Å². The molecule has 1 amide bonds. The highest BCUT2D eigenvalue weighted by Crippen LogP contribution is 2.41. The molecule has 1 saturated heterocycles. The lowest BCUT2D eigenvalue weighted by Crippen LogP contribution is -2.50. The van der Waals surface area contributed by atoms with Crippen LogP contribution < -0.4 is 4.90 Å². The Morgan fingerprint density at radius 1 is 1.04 bits per heavy atom. The summed E-state index contributed by atoms with van der Waals surface area (Å²) in [5.74, 6) is -5.90. The minimum atomic E-state index is -5.43. The van der Waals surface area contributed by atoms with Crippen LogP contribution in [0.3, 0.4) is 0 Å². The summed E-state index contributed by atoms with van der Waals surface area (Å²) in [6.07, 6.45) is -8.42. The van der Waals surface area contributed by atoms with Gasteiger partial charge in [-0.3, -0.25) is 4.79 Å². The Hall–Kier alpha value is -4.23. The molecule has 6 nitrogen and oxygen atoms in total. The summed E-state index contributed by atoms with van der Waals surface area (Å²) in [5, 5.41) is 10.9. The predicted molar refractivity (Wildman–Crippen MR) is 198 cm³/mol. The third-order valence-corrected chi connectivity index (χ3v) is 9.00. The quantitative estimate of drug-likeness (QED) is 0.146. The zero-order valence-electron chi connectivity index (χ0n) is 49.5. The molecular formula is C41H42F5N3O3S. The number of hydrogen-bond donors (Lipinski definition) is 1. The first kappa shape index (κ1) is 19.4. The molecule has 1 fully saturated rings. The van der Waals surface area contributed by atoms with Gasteiger partial charge in [-0.05, 0) is 66.7 Å². The maximum absolute atomic E-state index is 15.4. The van der Waals surface area contributed by atoms with Crippen LogP contribution in [0.4, 0.5) is 27.6 Å². The van der Waals surface area contributed by atoms with E-state index in [4.69, 9.17) is 32.2 Å². The van der Waals surface area contributed by atoms with Gasteiger partial charge in [0.25, 0.3) is 0 Å². The molecule has 6 rings (SSSR count). The van der Waals surface area contributed by atoms with Crippen molar-refractivity contribution in [3.63, 3.8) is 0 Å². The number of rotatable bonds is 12. The number of carbonyl (C=O) groups is 1. The van der Waals surface area contributed by atoms with Gasteiger partial charge >= 0.3 is 6.18 Å². The van der Waals surface area contributed by atoms with Crippen LogP contribution in [0.1, 0.15) is 76.9 Å². The highest BCUT2D eigenvalue weighted by atomic mass is 32.2. The molecule has 0 aliphatic carbocycles. The lowest BCUT2D eigenvalue weighted by atomic mass is 9.99. The number of aliphatic hydroxyl groups is 1. The first-order valence-electron chi connectivity index (χ1n) is 26.7. The number of alkyl halides is 3. The van der Waals surface area contributed by atoms with Crippen LogP contribution in [0, 0.1) is 18.6 Å². The number of halogens is 5. The molecule has 280 valence electrons. The van der Waals surface area contributed by atoms with E-state index in [9.17, 15) is 25.4 Å². The monoisotopic (exact) mass is 773 g/mol. The van der Waals surface area contributed by atoms with Crippen LogP contribution in [0.25, 0.3) is 11.1 Å². The number of piperidine rings is 1. The van der Waals surface area contributed by atoms with Crippen molar-refractivity contribution in [3.05, 3.63) is 135 Å². The Balaban J connectivity index is 1.56. The number of amides is 1. The van der Waals surface area contributed by atoms with Crippen molar-refractivity contribution in [2.45, 2.75) is 50.3 Å². The third kappa shape index (κ3) is 9.29. The van der Waals surface area contributed by atoms with Crippen LogP contribution in [-0.2, 0) is 28.0 Å². The normalized spacial score (nSPS) is 23.6. The Morgan fingerprint density at radius 2 is 1.74 bits per heavy atom. The van der Waals surface area contributed by atoms with Gasteiger partial charge in [-0.1, -0.05) is 66.0 Å². The van der Waals surface area contributed by atoms with E-state index in [1.807, 2.05) is 0 Å². The molecule has 1 N–H and O–H groups in total. The molecule has 1 atom stereocenters. The molecule has 0 spiro atoms. The number of anilines is 1. The summed E-state index contributed by atoms with van der Waals surface area (Å²) in [6.45, 7) is -8.01. The van der Waals surface area contributed by atoms with Gasteiger partial charge in [-0.25, -0.2) is 8.78 Å². The molecule has 0 bridgehead atoms. The van der Waals surface area contributed by atoms with Gasteiger partial charge in [0.05, 0.1) is 44.6 Å². The maximum Gasteiger partial charge on any atom is 0.416 e. The first-order valence-corrected chi connectivity index (χ1v) is 16.7. The average Bonchev–Trinajstić information content (AvgIpc) is 3.31. The lowest BCUT2D eigenvalue weighted by molar-refractivity contribution is -0.137. The molecule has 0 radical (unpaired) electrons. The van der Waals surface area contributed by atoms with E-state index >= 15 is 9.18 Å². The third-order valence-electron chi connectivity index (χ3n) is 7.96. The smallest absolute Gasteiger partial charge is 0.384 e. The first-order chi connectivity index (χ1) is 34.3. The molecule has 53 heavy (non-hydrogen) atoms. The number of carbonyl (C=O) groups excluding carboxylic acids is 1. The number of aliphatic hydroxyl groups excluding tert-OH is 1. The molecule has 2 aliphatic rings. The predicted octanol–water partition coefficient (Wildman–Crippen LogP) is 8.73. The standard InChI is InChI=1S/C41H42F5N3O3S/c1-27-6-15-36-34(22-27)37(50)23-39(53-26-31-4-3-5-35(42)40(31)43)49(36)25-38(51)48(33-16-18-47(19-17-33)20-21-52-2)24-28-7-9-29(10-8-28)30-11-13-32(14-12-30)41(44,45)46/h3-15,22-23,33,37,50H,16-21,24-26H2,1-2H3/i2D3,3D,4D,5D,6D,7D,8D,9D,10D,11D,12D,13D,14D,15D,20D2,22D,23D,24D2. The zero-order valence-corrected chi connectivity index (χ0v) is 28.3. The van der Waals surface area contributed by atoms with E-state index in [-0.39, 0.29) is 5.56 Å². The van der Waals surface area contributed by atoms with Crippen molar-refractivity contribution in [2.75, 3.05) is 44.7 Å². The van der Waals surface area contributed by atoms with Gasteiger partial charge in [0.2, 0.25) is 5.91 Å². The second-order valence-electron chi connectivity index (χ2n) is 11.5. The van der Waals surface area contributed by atoms with E-state index in [0.717, 1.165) is 9.80 Å². The van der Waals surface area contributed by atoms with Crippen LogP contribution >= 0.6 is 11.8 Å². The number of fused-ring (bicyclic) bond motifs is 1. The summed E-state index contributed by atoms with van der Waals surface area (Å²) in [5.41, 5.74) is -7.67. The molecule has 12 heteroatoms. The van der Waals surface area contributed by atoms with Crippen LogP contribution in [0.5, 0.6) is 0 Å². The number of methoxy groups -OCH3 is 1. The van der Waals surface area contributed by atoms with Crippen molar-refractivity contribution in [1.29, 1.82) is 0 Å². The fraction of sp³-hybridized carbons (Fsp3) is 0.341. The summed E-state index contributed by atoms with van der Waals surface area (Å²) in [4.78, 5) is 17.6. The second-order valence-corrected chi connectivity index (χ2v) is 12.5. The minimum Gasteiger partial charge on any atom is -0.384 e. The van der Waals surface area contributed by atoms with Crippen molar-refractivity contribution < 1.29 is 66.7 Å². The van der Waals surface area contributed by atoms with Crippen molar-refractivity contribution in [2.24, 2.45) is 0 Å². The van der Waals surface area contributed by atoms with Crippen LogP contribution in [0.15, 0.2) is 95.7 Å². The molecular weight excluding hydrogens is 710 g/mol. The average molecular weight is 774 g/mol. The maximum atomic E-state index is 15.4. The number of ether oxygens (including phenoxy) is 1. The molecule has 2 aliphatic heterocycles. The fourth-order valence-corrected chi connectivity index (χ4v) is 6.36. The van der Waals surface area contributed by atoms with E-state index in [2.05, 4.69) is 0 Å². The van der Waals surface area contributed by atoms with Gasteiger partial charge in [0.1, 0.15) is 12.6 Å². The van der Waals surface area contributed by atoms with E-state index < -0.39 is 235 Å². The number of thioether (sulfide) groups is 1. The number of likely N-dealkylation sites (tertiary alicyclic amines) is 1. The summed E-state index contributed by atoms with van der Waals surface area (Å²) >= 11 is 0.314. The molecule has 4 aromatic rings. The number of benzene rings is 4. The lowest BCUT2D eigenvalue weighted by Gasteiger charge is -2.40. The topological polar surface area (TPSA) is 56.3 Å². The SMILES string of the molecule is [2H]C1=C(SCc2c([2H])c([2H])c([2H])c(F)c2F)N(CC(=O)N(C2CCN(C([2H])([2H])COC([2H])([2H])[2H])CC2)C([2H])([2H])c2c([2H])c([2H])c(-c3c([2H])c([2H])c(C(F)(F)F)c([2H])c3[2H])c([2H])c2[2H])c2c([2H])c([2H])c(C)c([2H])c2C1O. The Kier molecular flexibility index (Phi) is 6.16. The van der Waals surface area contributed by atoms with E-state index in [0.29, 0.717) is 16.7 Å². The van der Waals surface area contributed by atoms with Crippen molar-refractivity contribution in [3.8, 4) is 11.1 Å². The molecule has 1 unspecified atom stereocenters. The highest BCUT2D eigenvalue weighted by molar-refractivity contribution is 8.02. The van der Waals surface area contributed by atoms with E-state index in [1.165, 1.54) is 6.92 Å². The molecule has 4 aromatic carbocycles. The Morgan fingerprint density at radius 3 is 2.42 bits per heavy atom. The zero-order chi connectivity index (χ0) is 56.8. The van der Waals surface area contributed by atoms with Gasteiger partial charge in [-0.15, -0.1) is 11.8 Å². The Labute approximate surface area is 341 Å². The van der Waals surface area contributed by atoms with Gasteiger partial charge < -0.3 is 24.5 Å². The minimum absolute atomic E-state index is 0.187. The molecule has 0 aromatic heterocycles. The van der Waals surface area contributed by atoms with Crippen molar-refractivity contribution >= 4 is 23.4 Å². The van der Waals surface area contributed by atoms with Crippen LogP contribution in [0.2, 0.25) is 0 Å². The summed E-state index contributed by atoms with van der Waals surface area (Å²) < 4.78 is 263. The molecule has 0 saturated carbocycles. The van der Waals surface area contributed by atoms with Gasteiger partial charge in [0.15, 0.2) is 11.6 Å². The summed E-state index contributed by atoms with van der Waals surface area (Å²) in [6, 6.07) is -19.2. The second kappa shape index (κ2) is 16.8. The van der Waals surface area contributed by atoms with Crippen molar-refractivity contribution in [1.82, 2.24) is 9.80 Å². The van der Waals surface area contributed by atoms with Crippen LogP contribution in [-0.4, -0.2) is 66.6 Å². The number of nitrogens with zero attached hydrogens (tertiary/aromatic N) is 3. The molecule has 2 heterocycles. The largest absolute Gasteiger partial charge is 0.416 e. The number of hydrogen-bond acceptors (Lipinski definition) is 6.